The minimum Gasteiger partial charge on any atom is -0.398 e. The molecule has 0 amide bonds. The molecule has 0 heterocycles. The first kappa shape index (κ1) is 11.7. The maximum atomic E-state index is 11.8. The van der Waals surface area contributed by atoms with Crippen LogP contribution in [0, 0.1) is 5.92 Å². The fourth-order valence-corrected chi connectivity index (χ4v) is 2.70. The lowest BCUT2D eigenvalue weighted by molar-refractivity contribution is 0.577. The number of sulfonamides is 1. The fraction of sp³-hybridized carbons (Fsp3) is 0.400. The van der Waals surface area contributed by atoms with Gasteiger partial charge in [0, 0.05) is 6.54 Å². The Morgan fingerprint density at radius 1 is 1.44 bits per heavy atom. The first-order chi connectivity index (χ1) is 7.49. The number of hydrogen-bond acceptors (Lipinski definition) is 3. The molecule has 0 unspecified atom stereocenters. The highest BCUT2D eigenvalue weighted by Gasteiger charge is 2.24. The van der Waals surface area contributed by atoms with Crippen LogP contribution in [0.4, 0.5) is 5.69 Å². The van der Waals surface area contributed by atoms with Gasteiger partial charge < -0.3 is 5.73 Å². The van der Waals surface area contributed by atoms with Crippen molar-refractivity contribution in [3.63, 3.8) is 0 Å². The van der Waals surface area contributed by atoms with Gasteiger partial charge in [0.25, 0.3) is 0 Å². The number of rotatable bonds is 4. The lowest BCUT2D eigenvalue weighted by atomic mass is 10.3. The van der Waals surface area contributed by atoms with Crippen molar-refractivity contribution >= 4 is 27.3 Å². The van der Waals surface area contributed by atoms with Crippen molar-refractivity contribution in [1.82, 2.24) is 4.72 Å². The number of anilines is 1. The van der Waals surface area contributed by atoms with Crippen LogP contribution in [0.1, 0.15) is 12.8 Å². The summed E-state index contributed by atoms with van der Waals surface area (Å²) in [6, 6.07) is 4.32. The van der Waals surface area contributed by atoms with Crippen LogP contribution >= 0.6 is 11.6 Å². The molecular formula is C10H13ClN2O2S. The zero-order valence-electron chi connectivity index (χ0n) is 8.61. The zero-order chi connectivity index (χ0) is 11.8. The van der Waals surface area contributed by atoms with Gasteiger partial charge >= 0.3 is 0 Å². The third-order valence-corrected chi connectivity index (χ3v) is 4.29. The van der Waals surface area contributed by atoms with Gasteiger partial charge in [-0.3, -0.25) is 0 Å². The van der Waals surface area contributed by atoms with E-state index in [0.29, 0.717) is 18.2 Å². The molecule has 3 N–H and O–H groups in total. The van der Waals surface area contributed by atoms with Crippen molar-refractivity contribution in [3.05, 3.63) is 23.2 Å². The second kappa shape index (κ2) is 4.24. The van der Waals surface area contributed by atoms with Gasteiger partial charge in [-0.1, -0.05) is 11.6 Å². The lowest BCUT2D eigenvalue weighted by Gasteiger charge is -2.07. The summed E-state index contributed by atoms with van der Waals surface area (Å²) in [7, 11) is -3.44. The minimum absolute atomic E-state index is 0.160. The molecule has 0 aromatic heterocycles. The van der Waals surface area contributed by atoms with E-state index < -0.39 is 10.0 Å². The Morgan fingerprint density at radius 2 is 2.12 bits per heavy atom. The number of nitrogens with one attached hydrogen (secondary N) is 1. The van der Waals surface area contributed by atoms with Crippen molar-refractivity contribution in [1.29, 1.82) is 0 Å². The number of hydrogen-bond donors (Lipinski definition) is 2. The van der Waals surface area contributed by atoms with Crippen LogP contribution in [0.25, 0.3) is 0 Å². The van der Waals surface area contributed by atoms with Gasteiger partial charge in [-0.2, -0.15) is 0 Å². The van der Waals surface area contributed by atoms with Crippen LogP contribution in [0.5, 0.6) is 0 Å². The third-order valence-electron chi connectivity index (χ3n) is 2.54. The van der Waals surface area contributed by atoms with E-state index in [1.165, 1.54) is 18.2 Å². The zero-order valence-corrected chi connectivity index (χ0v) is 10.2. The molecule has 1 aliphatic rings. The molecule has 1 aromatic carbocycles. The first-order valence-corrected chi connectivity index (χ1v) is 6.90. The summed E-state index contributed by atoms with van der Waals surface area (Å²) in [5.74, 6) is 0.499. The standard InChI is InChI=1S/C10H13ClN2O2S/c11-9-5-8(3-4-10(9)12)16(14,15)13-6-7-1-2-7/h3-5,7,13H,1-2,6,12H2. The molecule has 0 aliphatic heterocycles. The van der Waals surface area contributed by atoms with E-state index in [9.17, 15) is 8.42 Å². The van der Waals surface area contributed by atoms with E-state index in [0.717, 1.165) is 12.8 Å². The van der Waals surface area contributed by atoms with Crippen LogP contribution in [0.3, 0.4) is 0 Å². The van der Waals surface area contributed by atoms with E-state index in [1.54, 1.807) is 0 Å². The Balaban J connectivity index is 2.17. The highest BCUT2D eigenvalue weighted by atomic mass is 35.5. The Kier molecular flexibility index (Phi) is 3.10. The van der Waals surface area contributed by atoms with Gasteiger partial charge in [-0.25, -0.2) is 13.1 Å². The van der Waals surface area contributed by atoms with Crippen LogP contribution in [-0.2, 0) is 10.0 Å². The fourth-order valence-electron chi connectivity index (χ4n) is 1.31. The molecule has 2 rings (SSSR count). The Labute approximate surface area is 99.8 Å². The molecule has 1 aromatic rings. The number of benzene rings is 1. The first-order valence-electron chi connectivity index (χ1n) is 5.04. The maximum absolute atomic E-state index is 11.8. The molecule has 16 heavy (non-hydrogen) atoms. The van der Waals surface area contributed by atoms with E-state index >= 15 is 0 Å². The quantitative estimate of drug-likeness (QED) is 0.808. The molecule has 0 saturated heterocycles. The number of halogens is 1. The van der Waals surface area contributed by atoms with E-state index in [1.807, 2.05) is 0 Å². The highest BCUT2D eigenvalue weighted by Crippen LogP contribution is 2.28. The predicted octanol–water partition coefficient (Wildman–Crippen LogP) is 1.61. The summed E-state index contributed by atoms with van der Waals surface area (Å²) >= 11 is 5.78. The largest absolute Gasteiger partial charge is 0.398 e. The Bertz CT molecular complexity index is 498. The molecule has 0 spiro atoms. The van der Waals surface area contributed by atoms with Crippen LogP contribution in [-0.4, -0.2) is 15.0 Å². The maximum Gasteiger partial charge on any atom is 0.240 e. The van der Waals surface area contributed by atoms with E-state index in [4.69, 9.17) is 17.3 Å². The smallest absolute Gasteiger partial charge is 0.240 e. The molecule has 1 saturated carbocycles. The average Bonchev–Trinajstić information content (AvgIpc) is 3.03. The van der Waals surface area contributed by atoms with Crippen molar-refractivity contribution < 1.29 is 8.42 Å². The van der Waals surface area contributed by atoms with Crippen molar-refractivity contribution in [2.45, 2.75) is 17.7 Å². The van der Waals surface area contributed by atoms with Gasteiger partial charge in [-0.05, 0) is 37.0 Å². The monoisotopic (exact) mass is 260 g/mol. The molecule has 1 fully saturated rings. The molecule has 4 nitrogen and oxygen atoms in total. The molecular weight excluding hydrogens is 248 g/mol. The normalized spacial score (nSPS) is 16.3. The Hall–Kier alpha value is -0.780. The van der Waals surface area contributed by atoms with E-state index in [-0.39, 0.29) is 9.92 Å². The predicted molar refractivity (Wildman–Crippen MR) is 63.8 cm³/mol. The number of nitrogens with two attached hydrogens (primary N) is 1. The molecule has 88 valence electrons. The van der Waals surface area contributed by atoms with Gasteiger partial charge in [0.2, 0.25) is 10.0 Å². The summed E-state index contributed by atoms with van der Waals surface area (Å²) < 4.78 is 26.2. The van der Waals surface area contributed by atoms with Gasteiger partial charge in [0.1, 0.15) is 0 Å². The summed E-state index contributed by atoms with van der Waals surface area (Å²) in [6.45, 7) is 0.504. The van der Waals surface area contributed by atoms with Crippen LogP contribution in [0.15, 0.2) is 23.1 Å². The summed E-state index contributed by atoms with van der Waals surface area (Å²) in [5.41, 5.74) is 5.89. The molecule has 0 atom stereocenters. The lowest BCUT2D eigenvalue weighted by Crippen LogP contribution is -2.25. The Morgan fingerprint density at radius 3 is 2.69 bits per heavy atom. The molecule has 0 bridgehead atoms. The second-order valence-electron chi connectivity index (χ2n) is 3.98. The summed E-state index contributed by atoms with van der Waals surface area (Å²) in [5, 5.41) is 0.259. The SMILES string of the molecule is Nc1ccc(S(=O)(=O)NCC2CC2)cc1Cl. The topological polar surface area (TPSA) is 72.2 Å². The minimum atomic E-state index is -3.44. The van der Waals surface area contributed by atoms with Gasteiger partial charge in [0.15, 0.2) is 0 Å². The number of nitrogen functional groups attached to an aromatic ring is 1. The second-order valence-corrected chi connectivity index (χ2v) is 6.15. The van der Waals surface area contributed by atoms with Crippen LogP contribution < -0.4 is 10.5 Å². The van der Waals surface area contributed by atoms with Gasteiger partial charge in [0.05, 0.1) is 15.6 Å². The summed E-state index contributed by atoms with van der Waals surface area (Å²) in [6.07, 6.45) is 2.20. The molecule has 6 heteroatoms. The molecule has 0 radical (unpaired) electrons. The average molecular weight is 261 g/mol. The van der Waals surface area contributed by atoms with Crippen molar-refractivity contribution in [2.75, 3.05) is 12.3 Å². The van der Waals surface area contributed by atoms with Crippen molar-refractivity contribution in [2.24, 2.45) is 5.92 Å². The van der Waals surface area contributed by atoms with Crippen LogP contribution in [0.2, 0.25) is 5.02 Å². The molecule has 1 aliphatic carbocycles. The van der Waals surface area contributed by atoms with E-state index in [2.05, 4.69) is 4.72 Å². The summed E-state index contributed by atoms with van der Waals surface area (Å²) in [4.78, 5) is 0.160. The highest BCUT2D eigenvalue weighted by molar-refractivity contribution is 7.89. The third kappa shape index (κ3) is 2.66. The van der Waals surface area contributed by atoms with Crippen molar-refractivity contribution in [3.8, 4) is 0 Å². The van der Waals surface area contributed by atoms with Gasteiger partial charge in [-0.15, -0.1) is 0 Å².